The lowest BCUT2D eigenvalue weighted by Crippen LogP contribution is -2.42. The van der Waals surface area contributed by atoms with E-state index in [2.05, 4.69) is 21.4 Å². The molecule has 2 fully saturated rings. The Morgan fingerprint density at radius 2 is 2.08 bits per heavy atom. The molecule has 4 rings (SSSR count). The van der Waals surface area contributed by atoms with Crippen molar-refractivity contribution in [1.82, 2.24) is 14.5 Å². The lowest BCUT2D eigenvalue weighted by molar-refractivity contribution is -0.0649. The molecular weight excluding hydrogens is 317 g/mol. The zero-order valence-electron chi connectivity index (χ0n) is 14.7. The van der Waals surface area contributed by atoms with Gasteiger partial charge in [-0.15, -0.1) is 0 Å². The van der Waals surface area contributed by atoms with E-state index in [4.69, 9.17) is 0 Å². The minimum atomic E-state index is -0.837. The van der Waals surface area contributed by atoms with Gasteiger partial charge in [-0.2, -0.15) is 0 Å². The Labute approximate surface area is 148 Å². The molecule has 1 saturated carbocycles. The van der Waals surface area contributed by atoms with Crippen LogP contribution >= 0.6 is 0 Å². The van der Waals surface area contributed by atoms with E-state index in [9.17, 15) is 9.50 Å². The van der Waals surface area contributed by atoms with Gasteiger partial charge in [-0.3, -0.25) is 4.90 Å². The van der Waals surface area contributed by atoms with Crippen LogP contribution in [-0.4, -0.2) is 32.6 Å². The van der Waals surface area contributed by atoms with Gasteiger partial charge in [0, 0.05) is 38.3 Å². The Hall–Kier alpha value is -1.72. The number of imidazole rings is 1. The largest absolute Gasteiger partial charge is 0.385 e. The van der Waals surface area contributed by atoms with Crippen LogP contribution < -0.4 is 0 Å². The standard InChI is InChI=1S/C20H26FN3O/c1-2-24-14-22-10-18(24)12-23-11-15-4-3-9-20(25,19(15)13-23)16-5-7-17(21)8-6-16/h5-8,10,14-15,19,25H,2-4,9,11-13H2,1H3/t15-,19-,20+/m0/s1. The molecule has 4 nitrogen and oxygen atoms in total. The van der Waals surface area contributed by atoms with E-state index in [1.807, 2.05) is 12.5 Å². The highest BCUT2D eigenvalue weighted by atomic mass is 19.1. The van der Waals surface area contributed by atoms with Crippen molar-refractivity contribution < 1.29 is 9.50 Å². The number of fused-ring (bicyclic) bond motifs is 1. The van der Waals surface area contributed by atoms with Gasteiger partial charge in [-0.05, 0) is 49.8 Å². The van der Waals surface area contributed by atoms with Crippen molar-refractivity contribution in [2.75, 3.05) is 13.1 Å². The first kappa shape index (κ1) is 16.7. The van der Waals surface area contributed by atoms with Crippen molar-refractivity contribution in [2.24, 2.45) is 11.8 Å². The Balaban J connectivity index is 1.55. The summed E-state index contributed by atoms with van der Waals surface area (Å²) < 4.78 is 15.5. The summed E-state index contributed by atoms with van der Waals surface area (Å²) in [6.07, 6.45) is 6.78. The maximum absolute atomic E-state index is 13.3. The summed E-state index contributed by atoms with van der Waals surface area (Å²) in [5.74, 6) is 0.465. The summed E-state index contributed by atoms with van der Waals surface area (Å²) in [7, 11) is 0. The highest BCUT2D eigenvalue weighted by molar-refractivity contribution is 5.26. The van der Waals surface area contributed by atoms with Crippen LogP contribution in [0.2, 0.25) is 0 Å². The molecule has 5 heteroatoms. The average Bonchev–Trinajstić information content (AvgIpc) is 3.23. The molecule has 134 valence electrons. The number of likely N-dealkylation sites (tertiary alicyclic amines) is 1. The predicted molar refractivity (Wildman–Crippen MR) is 94.3 cm³/mol. The Kier molecular flexibility index (Phi) is 4.38. The lowest BCUT2D eigenvalue weighted by atomic mass is 9.67. The maximum atomic E-state index is 13.3. The predicted octanol–water partition coefficient (Wildman–Crippen LogP) is 3.16. The Morgan fingerprint density at radius 3 is 2.84 bits per heavy atom. The van der Waals surface area contributed by atoms with Gasteiger partial charge in [0.2, 0.25) is 0 Å². The number of halogens is 1. The molecule has 25 heavy (non-hydrogen) atoms. The molecular formula is C20H26FN3O. The highest BCUT2D eigenvalue weighted by Crippen LogP contribution is 2.48. The van der Waals surface area contributed by atoms with Crippen LogP contribution in [0.15, 0.2) is 36.8 Å². The van der Waals surface area contributed by atoms with Crippen molar-refractivity contribution in [3.63, 3.8) is 0 Å². The molecule has 1 aliphatic heterocycles. The topological polar surface area (TPSA) is 41.3 Å². The number of hydrogen-bond donors (Lipinski definition) is 1. The molecule has 2 heterocycles. The molecule has 1 N–H and O–H groups in total. The number of aromatic nitrogens is 2. The lowest BCUT2D eigenvalue weighted by Gasteiger charge is -2.41. The Morgan fingerprint density at radius 1 is 1.28 bits per heavy atom. The molecule has 0 radical (unpaired) electrons. The van der Waals surface area contributed by atoms with E-state index < -0.39 is 5.60 Å². The summed E-state index contributed by atoms with van der Waals surface area (Å²) >= 11 is 0. The van der Waals surface area contributed by atoms with E-state index in [-0.39, 0.29) is 11.7 Å². The zero-order valence-corrected chi connectivity index (χ0v) is 14.7. The summed E-state index contributed by atoms with van der Waals surface area (Å²) in [4.78, 5) is 6.70. The molecule has 1 saturated heterocycles. The van der Waals surface area contributed by atoms with Gasteiger partial charge in [0.1, 0.15) is 5.82 Å². The van der Waals surface area contributed by atoms with E-state index in [1.54, 1.807) is 12.1 Å². The maximum Gasteiger partial charge on any atom is 0.123 e. The number of aryl methyl sites for hydroxylation is 1. The van der Waals surface area contributed by atoms with Crippen molar-refractivity contribution in [1.29, 1.82) is 0 Å². The van der Waals surface area contributed by atoms with Gasteiger partial charge in [0.05, 0.1) is 17.6 Å². The SMILES string of the molecule is CCn1cncc1CN1C[C@@H]2CCC[C@@](O)(c3ccc(F)cc3)[C@H]2C1. The quantitative estimate of drug-likeness (QED) is 0.927. The molecule has 1 aromatic heterocycles. The number of nitrogens with zero attached hydrogens (tertiary/aromatic N) is 3. The minimum Gasteiger partial charge on any atom is -0.385 e. The summed E-state index contributed by atoms with van der Waals surface area (Å²) in [5, 5.41) is 11.5. The summed E-state index contributed by atoms with van der Waals surface area (Å²) in [5.41, 5.74) is 1.26. The summed E-state index contributed by atoms with van der Waals surface area (Å²) in [6, 6.07) is 6.44. The minimum absolute atomic E-state index is 0.213. The zero-order chi connectivity index (χ0) is 17.4. The molecule has 0 bridgehead atoms. The van der Waals surface area contributed by atoms with Crippen molar-refractivity contribution in [3.05, 3.63) is 53.9 Å². The monoisotopic (exact) mass is 343 g/mol. The molecule has 1 aromatic carbocycles. The van der Waals surface area contributed by atoms with Crippen LogP contribution in [-0.2, 0) is 18.7 Å². The van der Waals surface area contributed by atoms with Crippen LogP contribution in [0.25, 0.3) is 0 Å². The van der Waals surface area contributed by atoms with E-state index >= 15 is 0 Å². The number of rotatable bonds is 4. The van der Waals surface area contributed by atoms with E-state index in [0.717, 1.165) is 51.0 Å². The number of hydrogen-bond acceptors (Lipinski definition) is 3. The Bertz CT molecular complexity index is 729. The number of aliphatic hydroxyl groups is 1. The number of benzene rings is 1. The van der Waals surface area contributed by atoms with Gasteiger partial charge in [0.15, 0.2) is 0 Å². The second kappa shape index (κ2) is 6.54. The van der Waals surface area contributed by atoms with Gasteiger partial charge < -0.3 is 9.67 Å². The first-order valence-corrected chi connectivity index (χ1v) is 9.30. The fraction of sp³-hybridized carbons (Fsp3) is 0.550. The first-order chi connectivity index (χ1) is 12.1. The highest BCUT2D eigenvalue weighted by Gasteiger charge is 2.49. The van der Waals surface area contributed by atoms with Crippen LogP contribution in [0.3, 0.4) is 0 Å². The second-order valence-corrected chi connectivity index (χ2v) is 7.56. The van der Waals surface area contributed by atoms with Crippen LogP contribution in [0.5, 0.6) is 0 Å². The van der Waals surface area contributed by atoms with Gasteiger partial charge in [0.25, 0.3) is 0 Å². The van der Waals surface area contributed by atoms with E-state index in [0.29, 0.717) is 5.92 Å². The fourth-order valence-corrected chi connectivity index (χ4v) is 4.83. The third kappa shape index (κ3) is 3.00. The van der Waals surface area contributed by atoms with Crippen LogP contribution in [0, 0.1) is 17.7 Å². The normalized spacial score (nSPS) is 29.7. The van der Waals surface area contributed by atoms with Crippen molar-refractivity contribution >= 4 is 0 Å². The van der Waals surface area contributed by atoms with Gasteiger partial charge in [-0.25, -0.2) is 9.37 Å². The third-order valence-electron chi connectivity index (χ3n) is 6.13. The molecule has 0 spiro atoms. The fourth-order valence-electron chi connectivity index (χ4n) is 4.83. The van der Waals surface area contributed by atoms with Gasteiger partial charge >= 0.3 is 0 Å². The van der Waals surface area contributed by atoms with Gasteiger partial charge in [-0.1, -0.05) is 12.1 Å². The summed E-state index contributed by atoms with van der Waals surface area (Å²) in [6.45, 7) is 5.83. The average molecular weight is 343 g/mol. The smallest absolute Gasteiger partial charge is 0.123 e. The van der Waals surface area contributed by atoms with Crippen LogP contribution in [0.4, 0.5) is 4.39 Å². The molecule has 2 aliphatic rings. The molecule has 3 atom stereocenters. The van der Waals surface area contributed by atoms with Crippen molar-refractivity contribution in [2.45, 2.75) is 44.9 Å². The molecule has 1 aliphatic carbocycles. The first-order valence-electron chi connectivity index (χ1n) is 9.30. The second-order valence-electron chi connectivity index (χ2n) is 7.56. The molecule has 0 amide bonds. The third-order valence-corrected chi connectivity index (χ3v) is 6.13. The molecule has 0 unspecified atom stereocenters. The molecule has 2 aromatic rings. The van der Waals surface area contributed by atoms with E-state index in [1.165, 1.54) is 17.8 Å². The van der Waals surface area contributed by atoms with Crippen LogP contribution in [0.1, 0.15) is 37.4 Å². The van der Waals surface area contributed by atoms with Crippen molar-refractivity contribution in [3.8, 4) is 0 Å².